The molecule has 0 spiro atoms. The third-order valence-corrected chi connectivity index (χ3v) is 5.62. The Morgan fingerprint density at radius 3 is 2.71 bits per heavy atom. The Kier molecular flexibility index (Phi) is 5.31. The molecule has 144 valence electrons. The predicted octanol–water partition coefficient (Wildman–Crippen LogP) is 3.97. The summed E-state index contributed by atoms with van der Waals surface area (Å²) in [6.45, 7) is 3.02. The number of furan rings is 1. The van der Waals surface area contributed by atoms with E-state index in [0.29, 0.717) is 52.9 Å². The number of amides is 1. The Labute approximate surface area is 165 Å². The van der Waals surface area contributed by atoms with Crippen LogP contribution in [0.2, 0.25) is 0 Å². The lowest BCUT2D eigenvalue weighted by Crippen LogP contribution is -2.23. The number of hydrogen-bond acceptors (Lipinski definition) is 7. The number of ketones is 1. The van der Waals surface area contributed by atoms with Gasteiger partial charge in [-0.25, -0.2) is 4.98 Å². The van der Waals surface area contributed by atoms with Gasteiger partial charge < -0.3 is 9.15 Å². The van der Waals surface area contributed by atoms with Crippen LogP contribution in [-0.2, 0) is 4.74 Å². The Morgan fingerprint density at radius 2 is 2.04 bits per heavy atom. The van der Waals surface area contributed by atoms with Crippen molar-refractivity contribution in [2.24, 2.45) is 5.92 Å². The second-order valence-corrected chi connectivity index (χ2v) is 7.60. The van der Waals surface area contributed by atoms with E-state index in [9.17, 15) is 9.59 Å². The molecule has 4 heterocycles. The van der Waals surface area contributed by atoms with E-state index in [4.69, 9.17) is 9.15 Å². The van der Waals surface area contributed by atoms with E-state index in [1.54, 1.807) is 24.5 Å². The van der Waals surface area contributed by atoms with E-state index in [1.165, 1.54) is 23.8 Å². The van der Waals surface area contributed by atoms with Crippen molar-refractivity contribution in [3.05, 3.63) is 53.1 Å². The minimum atomic E-state index is -0.315. The molecular formula is C20H19N3O4S. The first-order chi connectivity index (χ1) is 13.6. The van der Waals surface area contributed by atoms with Gasteiger partial charge in [-0.15, -0.1) is 0 Å². The van der Waals surface area contributed by atoms with Crippen molar-refractivity contribution in [2.75, 3.05) is 18.5 Å². The van der Waals surface area contributed by atoms with Crippen LogP contribution in [0.15, 0.2) is 41.3 Å². The van der Waals surface area contributed by atoms with Crippen LogP contribution in [0.3, 0.4) is 0 Å². The summed E-state index contributed by atoms with van der Waals surface area (Å²) >= 11 is 1.19. The maximum atomic E-state index is 13.1. The zero-order valence-corrected chi connectivity index (χ0v) is 16.1. The normalized spacial score (nSPS) is 14.8. The number of pyridine rings is 1. The fourth-order valence-corrected chi connectivity index (χ4v) is 4.05. The van der Waals surface area contributed by atoms with Crippen molar-refractivity contribution >= 4 is 28.2 Å². The fourth-order valence-electron chi connectivity index (χ4n) is 3.05. The monoisotopic (exact) mass is 397 g/mol. The molecule has 0 atom stereocenters. The maximum Gasteiger partial charge on any atom is 0.259 e. The van der Waals surface area contributed by atoms with Crippen LogP contribution in [0, 0.1) is 12.8 Å². The van der Waals surface area contributed by atoms with Crippen LogP contribution in [0.25, 0.3) is 11.3 Å². The van der Waals surface area contributed by atoms with E-state index in [2.05, 4.69) is 15.3 Å². The SMILES string of the molecule is Cc1ccc(C(=O)Nc2nc(-c3ccoc3)c(C(=O)C3CCOCC3)s2)cn1. The Hall–Kier alpha value is -2.84. The first kappa shape index (κ1) is 18.5. The predicted molar refractivity (Wildman–Crippen MR) is 105 cm³/mol. The lowest BCUT2D eigenvalue weighted by atomic mass is 9.93. The number of nitrogens with zero attached hydrogens (tertiary/aromatic N) is 2. The molecule has 0 aliphatic carbocycles. The minimum absolute atomic E-state index is 0.0366. The summed E-state index contributed by atoms with van der Waals surface area (Å²) < 4.78 is 10.5. The van der Waals surface area contributed by atoms with Gasteiger partial charge in [0.2, 0.25) is 0 Å². The quantitative estimate of drug-likeness (QED) is 0.655. The van der Waals surface area contributed by atoms with E-state index >= 15 is 0 Å². The molecular weight excluding hydrogens is 378 g/mol. The molecule has 3 aromatic heterocycles. The van der Waals surface area contributed by atoms with Gasteiger partial charge in [0, 0.05) is 36.6 Å². The molecule has 0 bridgehead atoms. The highest BCUT2D eigenvalue weighted by molar-refractivity contribution is 7.18. The van der Waals surface area contributed by atoms with E-state index < -0.39 is 0 Å². The number of ether oxygens (including phenoxy) is 1. The van der Waals surface area contributed by atoms with Gasteiger partial charge in [-0.1, -0.05) is 11.3 Å². The Bertz CT molecular complexity index is 974. The van der Waals surface area contributed by atoms with E-state index in [1.807, 2.05) is 6.92 Å². The molecule has 1 N–H and O–H groups in total. The third kappa shape index (κ3) is 3.88. The molecule has 28 heavy (non-hydrogen) atoms. The lowest BCUT2D eigenvalue weighted by molar-refractivity contribution is 0.0548. The standard InChI is InChI=1S/C20H19N3O4S/c1-12-2-3-14(10-21-12)19(25)23-20-22-16(15-6-9-27-11-15)18(28-20)17(24)13-4-7-26-8-5-13/h2-3,6,9-11,13H,4-5,7-8H2,1H3,(H,22,23,25). The van der Waals surface area contributed by atoms with Crippen LogP contribution >= 0.6 is 11.3 Å². The van der Waals surface area contributed by atoms with Gasteiger partial charge in [0.1, 0.15) is 4.88 Å². The largest absolute Gasteiger partial charge is 0.472 e. The topological polar surface area (TPSA) is 94.3 Å². The summed E-state index contributed by atoms with van der Waals surface area (Å²) in [6, 6.07) is 5.23. The number of aryl methyl sites for hydroxylation is 1. The molecule has 0 saturated carbocycles. The summed E-state index contributed by atoms with van der Waals surface area (Å²) in [5.74, 6) is -0.371. The van der Waals surface area contributed by atoms with Crippen molar-refractivity contribution in [3.63, 3.8) is 0 Å². The summed E-state index contributed by atoms with van der Waals surface area (Å²) in [5.41, 5.74) is 2.51. The maximum absolute atomic E-state index is 13.1. The molecule has 1 aliphatic heterocycles. The first-order valence-corrected chi connectivity index (χ1v) is 9.83. The minimum Gasteiger partial charge on any atom is -0.472 e. The summed E-state index contributed by atoms with van der Waals surface area (Å²) in [6.07, 6.45) is 5.98. The molecule has 1 amide bonds. The van der Waals surface area contributed by atoms with Gasteiger partial charge in [0.15, 0.2) is 10.9 Å². The first-order valence-electron chi connectivity index (χ1n) is 9.01. The van der Waals surface area contributed by atoms with Gasteiger partial charge >= 0.3 is 0 Å². The van der Waals surface area contributed by atoms with Gasteiger partial charge in [0.05, 0.1) is 23.8 Å². The highest BCUT2D eigenvalue weighted by atomic mass is 32.1. The van der Waals surface area contributed by atoms with Crippen molar-refractivity contribution in [1.29, 1.82) is 0 Å². The molecule has 3 aromatic rings. The smallest absolute Gasteiger partial charge is 0.259 e. The molecule has 1 aliphatic rings. The second-order valence-electron chi connectivity index (χ2n) is 6.60. The van der Waals surface area contributed by atoms with Gasteiger partial charge in [-0.05, 0) is 38.0 Å². The number of Topliss-reactive ketones (excluding diaryl/α,β-unsaturated/α-hetero) is 1. The molecule has 0 radical (unpaired) electrons. The highest BCUT2D eigenvalue weighted by Gasteiger charge is 2.28. The summed E-state index contributed by atoms with van der Waals surface area (Å²) in [5, 5.41) is 3.15. The number of rotatable bonds is 5. The number of carbonyl (C=O) groups excluding carboxylic acids is 2. The zero-order valence-electron chi connectivity index (χ0n) is 15.3. The number of aromatic nitrogens is 2. The Balaban J connectivity index is 1.62. The average Bonchev–Trinajstić information content (AvgIpc) is 3.38. The van der Waals surface area contributed by atoms with Crippen LogP contribution < -0.4 is 5.32 Å². The van der Waals surface area contributed by atoms with Crippen molar-refractivity contribution < 1.29 is 18.7 Å². The van der Waals surface area contributed by atoms with Crippen LogP contribution in [0.5, 0.6) is 0 Å². The third-order valence-electron chi connectivity index (χ3n) is 4.63. The number of nitrogens with one attached hydrogen (secondary N) is 1. The van der Waals surface area contributed by atoms with Gasteiger partial charge in [-0.3, -0.25) is 19.9 Å². The molecule has 4 rings (SSSR count). The second kappa shape index (κ2) is 8.04. The van der Waals surface area contributed by atoms with E-state index in [-0.39, 0.29) is 17.6 Å². The molecule has 0 unspecified atom stereocenters. The molecule has 0 aromatic carbocycles. The Morgan fingerprint density at radius 1 is 1.21 bits per heavy atom. The number of hydrogen-bond donors (Lipinski definition) is 1. The van der Waals surface area contributed by atoms with Crippen molar-refractivity contribution in [3.8, 4) is 11.3 Å². The molecule has 8 heteroatoms. The van der Waals surface area contributed by atoms with Crippen molar-refractivity contribution in [2.45, 2.75) is 19.8 Å². The van der Waals surface area contributed by atoms with Crippen LogP contribution in [-0.4, -0.2) is 34.9 Å². The van der Waals surface area contributed by atoms with E-state index in [0.717, 1.165) is 5.69 Å². The summed E-state index contributed by atoms with van der Waals surface area (Å²) in [4.78, 5) is 34.8. The van der Waals surface area contributed by atoms with Gasteiger partial charge in [0.25, 0.3) is 5.91 Å². The van der Waals surface area contributed by atoms with Crippen molar-refractivity contribution in [1.82, 2.24) is 9.97 Å². The zero-order chi connectivity index (χ0) is 19.5. The average molecular weight is 397 g/mol. The highest BCUT2D eigenvalue weighted by Crippen LogP contribution is 2.35. The number of anilines is 1. The number of carbonyl (C=O) groups is 2. The van der Waals surface area contributed by atoms with Crippen LogP contribution in [0.1, 0.15) is 38.6 Å². The molecule has 7 nitrogen and oxygen atoms in total. The fraction of sp³-hybridized carbons (Fsp3) is 0.300. The molecule has 1 fully saturated rings. The molecule has 1 saturated heterocycles. The lowest BCUT2D eigenvalue weighted by Gasteiger charge is -2.20. The van der Waals surface area contributed by atoms with Gasteiger partial charge in [-0.2, -0.15) is 0 Å². The summed E-state index contributed by atoms with van der Waals surface area (Å²) in [7, 11) is 0. The van der Waals surface area contributed by atoms with Crippen LogP contribution in [0.4, 0.5) is 5.13 Å². The number of thiazole rings is 1.